The Morgan fingerprint density at radius 1 is 1.29 bits per heavy atom. The van der Waals surface area contributed by atoms with Crippen LogP contribution in [0.1, 0.15) is 62.3 Å². The lowest BCUT2D eigenvalue weighted by Gasteiger charge is -2.34. The van der Waals surface area contributed by atoms with Crippen LogP contribution in [0, 0.1) is 6.92 Å². The van der Waals surface area contributed by atoms with Crippen LogP contribution in [0.4, 0.5) is 4.79 Å². The van der Waals surface area contributed by atoms with Gasteiger partial charge in [0.15, 0.2) is 0 Å². The fourth-order valence-electron chi connectivity index (χ4n) is 2.83. The summed E-state index contributed by atoms with van der Waals surface area (Å²) in [4.78, 5) is 26.4. The van der Waals surface area contributed by atoms with Crippen LogP contribution in [0.5, 0.6) is 0 Å². The van der Waals surface area contributed by atoms with Crippen molar-refractivity contribution in [1.29, 1.82) is 0 Å². The molecule has 0 radical (unpaired) electrons. The van der Waals surface area contributed by atoms with E-state index in [1.54, 1.807) is 11.8 Å². The third-order valence-corrected chi connectivity index (χ3v) is 4.09. The minimum Gasteiger partial charge on any atom is -0.361 e. The predicted molar refractivity (Wildman–Crippen MR) is 91.0 cm³/mol. The van der Waals surface area contributed by atoms with Crippen LogP contribution in [-0.2, 0) is 6.42 Å². The zero-order chi connectivity index (χ0) is 17.9. The molecule has 0 unspecified atom stereocenters. The molecule has 2 heterocycles. The number of amides is 3. The highest BCUT2D eigenvalue weighted by Crippen LogP contribution is 2.16. The number of rotatable bonds is 3. The molecule has 2 N–H and O–H groups in total. The van der Waals surface area contributed by atoms with Gasteiger partial charge in [0.25, 0.3) is 5.91 Å². The summed E-state index contributed by atoms with van der Waals surface area (Å²) in [6.07, 6.45) is 2.15. The molecular weight excluding hydrogens is 308 g/mol. The molecule has 1 aromatic rings. The van der Waals surface area contributed by atoms with E-state index in [1.807, 2.05) is 27.7 Å². The van der Waals surface area contributed by atoms with Crippen LogP contribution in [0.25, 0.3) is 0 Å². The molecule has 1 aromatic heterocycles. The number of urea groups is 1. The average Bonchev–Trinajstić information content (AvgIpc) is 2.87. The number of nitrogens with zero attached hydrogens (tertiary/aromatic N) is 2. The second-order valence-electron chi connectivity index (χ2n) is 7.33. The van der Waals surface area contributed by atoms with Crippen LogP contribution in [0.2, 0.25) is 0 Å². The summed E-state index contributed by atoms with van der Waals surface area (Å²) in [5, 5.41) is 9.94. The van der Waals surface area contributed by atoms with Crippen molar-refractivity contribution < 1.29 is 14.1 Å². The molecule has 0 atom stereocenters. The molecule has 1 aliphatic heterocycles. The molecule has 1 fully saturated rings. The van der Waals surface area contributed by atoms with E-state index in [4.69, 9.17) is 4.52 Å². The van der Waals surface area contributed by atoms with Crippen molar-refractivity contribution in [1.82, 2.24) is 20.7 Å². The lowest BCUT2D eigenvalue weighted by atomic mass is 10.0. The Bertz CT molecular complexity index is 595. The largest absolute Gasteiger partial charge is 0.361 e. The molecule has 134 valence electrons. The van der Waals surface area contributed by atoms with E-state index in [9.17, 15) is 9.59 Å². The standard InChI is InChI=1S/C17H28N4O3/c1-6-13-14(11(2)24-20-13)15(22)18-12-7-9-21(10-8-12)16(23)19-17(3,4)5/h12H,6-10H2,1-5H3,(H,18,22)(H,19,23). The van der Waals surface area contributed by atoms with Crippen LogP contribution in [0.15, 0.2) is 4.52 Å². The van der Waals surface area contributed by atoms with Gasteiger partial charge < -0.3 is 20.1 Å². The summed E-state index contributed by atoms with van der Waals surface area (Å²) >= 11 is 0. The van der Waals surface area contributed by atoms with Gasteiger partial charge in [-0.15, -0.1) is 0 Å². The Hall–Kier alpha value is -2.05. The minimum atomic E-state index is -0.246. The van der Waals surface area contributed by atoms with Gasteiger partial charge in [0.05, 0.1) is 5.69 Å². The average molecular weight is 336 g/mol. The van der Waals surface area contributed by atoms with E-state index in [-0.39, 0.29) is 23.5 Å². The highest BCUT2D eigenvalue weighted by atomic mass is 16.5. The first-order chi connectivity index (χ1) is 11.2. The zero-order valence-corrected chi connectivity index (χ0v) is 15.2. The molecule has 0 bridgehead atoms. The number of aryl methyl sites for hydroxylation is 2. The maximum absolute atomic E-state index is 12.5. The monoisotopic (exact) mass is 336 g/mol. The van der Waals surface area contributed by atoms with E-state index in [0.717, 1.165) is 12.8 Å². The maximum atomic E-state index is 12.5. The quantitative estimate of drug-likeness (QED) is 0.886. The molecule has 0 aliphatic carbocycles. The normalized spacial score (nSPS) is 16.1. The van der Waals surface area contributed by atoms with Crippen molar-refractivity contribution in [3.8, 4) is 0 Å². The minimum absolute atomic E-state index is 0.0459. The van der Waals surface area contributed by atoms with Gasteiger partial charge in [-0.3, -0.25) is 4.79 Å². The second kappa shape index (κ2) is 7.23. The summed E-state index contributed by atoms with van der Waals surface area (Å²) in [6.45, 7) is 10.9. The van der Waals surface area contributed by atoms with Crippen LogP contribution >= 0.6 is 0 Å². The number of carbonyl (C=O) groups excluding carboxylic acids is 2. The summed E-state index contributed by atoms with van der Waals surface area (Å²) in [7, 11) is 0. The number of hydrogen-bond donors (Lipinski definition) is 2. The van der Waals surface area contributed by atoms with Crippen molar-refractivity contribution >= 4 is 11.9 Å². The molecule has 1 saturated heterocycles. The van der Waals surface area contributed by atoms with Crippen molar-refractivity contribution in [3.63, 3.8) is 0 Å². The van der Waals surface area contributed by atoms with E-state index in [0.29, 0.717) is 36.5 Å². The van der Waals surface area contributed by atoms with Gasteiger partial charge in [-0.25, -0.2) is 4.79 Å². The zero-order valence-electron chi connectivity index (χ0n) is 15.2. The summed E-state index contributed by atoms with van der Waals surface area (Å²) in [5.74, 6) is 0.412. The predicted octanol–water partition coefficient (Wildman–Crippen LogP) is 2.25. The van der Waals surface area contributed by atoms with Crippen LogP contribution in [-0.4, -0.2) is 46.7 Å². The number of hydrogen-bond acceptors (Lipinski definition) is 4. The van der Waals surface area contributed by atoms with Gasteiger partial charge in [0, 0.05) is 24.7 Å². The van der Waals surface area contributed by atoms with Gasteiger partial charge in [-0.1, -0.05) is 12.1 Å². The SMILES string of the molecule is CCc1noc(C)c1C(=O)NC1CCN(C(=O)NC(C)(C)C)CC1. The summed E-state index contributed by atoms with van der Waals surface area (Å²) in [6, 6.07) is 0.0191. The third-order valence-electron chi connectivity index (χ3n) is 4.09. The highest BCUT2D eigenvalue weighted by Gasteiger charge is 2.27. The second-order valence-corrected chi connectivity index (χ2v) is 7.33. The first-order valence-electron chi connectivity index (χ1n) is 8.54. The Morgan fingerprint density at radius 3 is 2.46 bits per heavy atom. The molecule has 0 saturated carbocycles. The Kier molecular flexibility index (Phi) is 5.51. The molecule has 1 aliphatic rings. The molecule has 7 heteroatoms. The Balaban J connectivity index is 1.88. The van der Waals surface area contributed by atoms with Gasteiger partial charge in [0.1, 0.15) is 11.3 Å². The van der Waals surface area contributed by atoms with Gasteiger partial charge in [-0.2, -0.15) is 0 Å². The molecule has 3 amide bonds. The van der Waals surface area contributed by atoms with Crippen molar-refractivity contribution in [2.45, 2.75) is 65.5 Å². The summed E-state index contributed by atoms with van der Waals surface area (Å²) < 4.78 is 5.12. The smallest absolute Gasteiger partial charge is 0.317 e. The maximum Gasteiger partial charge on any atom is 0.317 e. The van der Waals surface area contributed by atoms with E-state index in [1.165, 1.54) is 0 Å². The lowest BCUT2D eigenvalue weighted by Crippen LogP contribution is -2.53. The van der Waals surface area contributed by atoms with E-state index < -0.39 is 0 Å². The van der Waals surface area contributed by atoms with Gasteiger partial charge in [-0.05, 0) is 47.0 Å². The topological polar surface area (TPSA) is 87.5 Å². The first-order valence-corrected chi connectivity index (χ1v) is 8.54. The molecule has 24 heavy (non-hydrogen) atoms. The molecular formula is C17H28N4O3. The third kappa shape index (κ3) is 4.49. The molecule has 0 aromatic carbocycles. The van der Waals surface area contributed by atoms with Crippen molar-refractivity contribution in [2.75, 3.05) is 13.1 Å². The number of aromatic nitrogens is 1. The molecule has 7 nitrogen and oxygen atoms in total. The van der Waals surface area contributed by atoms with Crippen molar-refractivity contribution in [3.05, 3.63) is 17.0 Å². The number of likely N-dealkylation sites (tertiary alicyclic amines) is 1. The molecule has 0 spiro atoms. The number of nitrogens with one attached hydrogen (secondary N) is 2. The Labute approximate surface area is 143 Å². The fraction of sp³-hybridized carbons (Fsp3) is 0.706. The number of carbonyl (C=O) groups is 2. The van der Waals surface area contributed by atoms with E-state index >= 15 is 0 Å². The Morgan fingerprint density at radius 2 is 1.92 bits per heavy atom. The van der Waals surface area contributed by atoms with E-state index in [2.05, 4.69) is 15.8 Å². The highest BCUT2D eigenvalue weighted by molar-refractivity contribution is 5.96. The fourth-order valence-corrected chi connectivity index (χ4v) is 2.83. The lowest BCUT2D eigenvalue weighted by molar-refractivity contribution is 0.0915. The van der Waals surface area contributed by atoms with Crippen molar-refractivity contribution in [2.24, 2.45) is 0 Å². The van der Waals surface area contributed by atoms with Crippen LogP contribution in [0.3, 0.4) is 0 Å². The number of piperidine rings is 1. The molecule has 2 rings (SSSR count). The van der Waals surface area contributed by atoms with Gasteiger partial charge in [0.2, 0.25) is 0 Å². The summed E-state index contributed by atoms with van der Waals surface area (Å²) in [5.41, 5.74) is 0.988. The van der Waals surface area contributed by atoms with Gasteiger partial charge >= 0.3 is 6.03 Å². The first kappa shape index (κ1) is 18.3. The van der Waals surface area contributed by atoms with Crippen LogP contribution < -0.4 is 10.6 Å².